The largest absolute Gasteiger partial charge is 0.364 e. The molecule has 0 fully saturated rings. The number of anilines is 1. The second kappa shape index (κ2) is 8.11. The predicted molar refractivity (Wildman–Crippen MR) is 90.9 cm³/mol. The Labute approximate surface area is 153 Å². The highest BCUT2D eigenvalue weighted by molar-refractivity contribution is 6.28. The van der Waals surface area contributed by atoms with E-state index < -0.39 is 5.82 Å². The Kier molecular flexibility index (Phi) is 5.64. The van der Waals surface area contributed by atoms with Crippen LogP contribution in [0.1, 0.15) is 30.3 Å². The molecule has 0 amide bonds. The Hall–Kier alpha value is -2.72. The van der Waals surface area contributed by atoms with Crippen molar-refractivity contribution in [3.8, 4) is 0 Å². The minimum absolute atomic E-state index is 0.0565. The van der Waals surface area contributed by atoms with E-state index in [9.17, 15) is 4.39 Å². The third kappa shape index (κ3) is 4.67. The van der Waals surface area contributed by atoms with Crippen LogP contribution in [0, 0.1) is 5.82 Å². The molecule has 0 saturated carbocycles. The van der Waals surface area contributed by atoms with Crippen molar-refractivity contribution >= 4 is 17.5 Å². The Morgan fingerprint density at radius 1 is 1.23 bits per heavy atom. The molecule has 0 aliphatic rings. The molecule has 1 atom stereocenters. The number of nitrogens with one attached hydrogen (secondary N) is 1. The third-order valence-electron chi connectivity index (χ3n) is 3.33. The zero-order valence-electron chi connectivity index (χ0n) is 14.1. The Morgan fingerprint density at radius 3 is 2.73 bits per heavy atom. The topological polar surface area (TPSA) is 104 Å². The predicted octanol–water partition coefficient (Wildman–Crippen LogP) is 2.02. The number of rotatable bonds is 7. The van der Waals surface area contributed by atoms with Gasteiger partial charge in [-0.1, -0.05) is 0 Å². The number of hydrogen-bond acceptors (Lipinski definition) is 8. The molecular formula is C15H16ClFN8O. The third-order valence-corrected chi connectivity index (χ3v) is 3.50. The van der Waals surface area contributed by atoms with Gasteiger partial charge >= 0.3 is 0 Å². The van der Waals surface area contributed by atoms with Gasteiger partial charge in [0.1, 0.15) is 18.4 Å². The van der Waals surface area contributed by atoms with Gasteiger partial charge in [-0.2, -0.15) is 9.97 Å². The zero-order chi connectivity index (χ0) is 18.5. The van der Waals surface area contributed by atoms with E-state index in [0.29, 0.717) is 24.8 Å². The molecule has 3 rings (SSSR count). The minimum atomic E-state index is -0.501. The van der Waals surface area contributed by atoms with Crippen LogP contribution in [0.4, 0.5) is 10.3 Å². The molecule has 9 nitrogen and oxygen atoms in total. The molecule has 0 radical (unpaired) electrons. The first kappa shape index (κ1) is 18.1. The van der Waals surface area contributed by atoms with E-state index in [1.165, 1.54) is 0 Å². The van der Waals surface area contributed by atoms with Crippen LogP contribution in [-0.4, -0.2) is 41.6 Å². The Balaban J connectivity index is 1.73. The van der Waals surface area contributed by atoms with Gasteiger partial charge in [0.2, 0.25) is 11.2 Å². The Morgan fingerprint density at radius 2 is 2.00 bits per heavy atom. The van der Waals surface area contributed by atoms with Gasteiger partial charge in [-0.25, -0.2) is 24.3 Å². The van der Waals surface area contributed by atoms with Crippen molar-refractivity contribution in [1.82, 2.24) is 34.5 Å². The zero-order valence-corrected chi connectivity index (χ0v) is 14.9. The van der Waals surface area contributed by atoms with Crippen molar-refractivity contribution in [3.63, 3.8) is 0 Å². The molecule has 0 bridgehead atoms. The number of methoxy groups -OCH3 is 1. The summed E-state index contributed by atoms with van der Waals surface area (Å²) in [7, 11) is 1.61. The second-order valence-electron chi connectivity index (χ2n) is 5.44. The molecule has 0 saturated heterocycles. The molecule has 0 unspecified atom stereocenters. The van der Waals surface area contributed by atoms with Crippen LogP contribution in [0.5, 0.6) is 0 Å². The smallest absolute Gasteiger partial charge is 0.227 e. The fourth-order valence-electron chi connectivity index (χ4n) is 2.22. The summed E-state index contributed by atoms with van der Waals surface area (Å²) in [6, 6.07) is -0.345. The summed E-state index contributed by atoms with van der Waals surface area (Å²) in [5.41, 5.74) is 0.769. The maximum absolute atomic E-state index is 12.9. The molecule has 3 heterocycles. The van der Waals surface area contributed by atoms with Crippen molar-refractivity contribution in [2.24, 2.45) is 0 Å². The molecule has 11 heteroatoms. The minimum Gasteiger partial charge on any atom is -0.364 e. The first-order chi connectivity index (χ1) is 12.5. The quantitative estimate of drug-likeness (QED) is 0.666. The van der Waals surface area contributed by atoms with Gasteiger partial charge in [0.15, 0.2) is 5.82 Å². The van der Waals surface area contributed by atoms with E-state index in [-0.39, 0.29) is 17.3 Å². The van der Waals surface area contributed by atoms with Gasteiger partial charge in [0.25, 0.3) is 0 Å². The standard InChI is InChI=1S/C15H16ClFN8O/c1-9(13-18-4-10(17)5-19-13)21-15-23-12(22-14(16)24-15)3-11-6-25(7-20-11)8-26-2/h4-7,9H,3,8H2,1-2H3,(H,21,22,23,24)/t9-/m0/s1. The summed E-state index contributed by atoms with van der Waals surface area (Å²) in [6.07, 6.45) is 6.08. The number of ether oxygens (including phenoxy) is 1. The van der Waals surface area contributed by atoms with Gasteiger partial charge < -0.3 is 14.6 Å². The van der Waals surface area contributed by atoms with Crippen LogP contribution in [-0.2, 0) is 17.9 Å². The fourth-order valence-corrected chi connectivity index (χ4v) is 2.40. The first-order valence-corrected chi connectivity index (χ1v) is 8.05. The maximum atomic E-state index is 12.9. The fraction of sp³-hybridized carbons (Fsp3) is 0.333. The van der Waals surface area contributed by atoms with Crippen molar-refractivity contribution in [1.29, 1.82) is 0 Å². The summed E-state index contributed by atoms with van der Waals surface area (Å²) in [6.45, 7) is 2.21. The van der Waals surface area contributed by atoms with Gasteiger partial charge in [-0.3, -0.25) is 0 Å². The van der Waals surface area contributed by atoms with Gasteiger partial charge in [-0.05, 0) is 18.5 Å². The van der Waals surface area contributed by atoms with E-state index in [1.807, 2.05) is 6.20 Å². The first-order valence-electron chi connectivity index (χ1n) is 7.67. The number of halogens is 2. The van der Waals surface area contributed by atoms with Crippen LogP contribution in [0.15, 0.2) is 24.9 Å². The normalized spacial score (nSPS) is 12.2. The molecule has 3 aromatic heterocycles. The van der Waals surface area contributed by atoms with Crippen molar-refractivity contribution in [3.05, 3.63) is 53.4 Å². The summed E-state index contributed by atoms with van der Waals surface area (Å²) in [5.74, 6) is 0.640. The van der Waals surface area contributed by atoms with E-state index in [2.05, 4.69) is 35.2 Å². The van der Waals surface area contributed by atoms with Crippen LogP contribution in [0.25, 0.3) is 0 Å². The lowest BCUT2D eigenvalue weighted by Gasteiger charge is -2.12. The molecule has 0 spiro atoms. The monoisotopic (exact) mass is 378 g/mol. The molecule has 0 aliphatic carbocycles. The molecule has 3 aromatic rings. The molecular weight excluding hydrogens is 363 g/mol. The number of nitrogens with zero attached hydrogens (tertiary/aromatic N) is 7. The molecule has 0 aliphatic heterocycles. The van der Waals surface area contributed by atoms with E-state index in [1.54, 1.807) is 24.9 Å². The van der Waals surface area contributed by atoms with Crippen LogP contribution >= 0.6 is 11.6 Å². The lowest BCUT2D eigenvalue weighted by Crippen LogP contribution is -2.14. The molecule has 136 valence electrons. The number of hydrogen-bond donors (Lipinski definition) is 1. The second-order valence-corrected chi connectivity index (χ2v) is 5.78. The van der Waals surface area contributed by atoms with Crippen LogP contribution < -0.4 is 5.32 Å². The molecule has 0 aromatic carbocycles. The van der Waals surface area contributed by atoms with Crippen LogP contribution in [0.2, 0.25) is 5.28 Å². The summed E-state index contributed by atoms with van der Waals surface area (Å²) in [4.78, 5) is 24.6. The highest BCUT2D eigenvalue weighted by atomic mass is 35.5. The number of aromatic nitrogens is 7. The van der Waals surface area contributed by atoms with Crippen molar-refractivity contribution < 1.29 is 9.13 Å². The lowest BCUT2D eigenvalue weighted by atomic mass is 10.3. The summed E-state index contributed by atoms with van der Waals surface area (Å²) in [5, 5.41) is 3.09. The molecule has 26 heavy (non-hydrogen) atoms. The average Bonchev–Trinajstić information content (AvgIpc) is 3.02. The van der Waals surface area contributed by atoms with Crippen molar-refractivity contribution in [2.75, 3.05) is 12.4 Å². The highest BCUT2D eigenvalue weighted by Crippen LogP contribution is 2.15. The van der Waals surface area contributed by atoms with Gasteiger partial charge in [-0.15, -0.1) is 0 Å². The lowest BCUT2D eigenvalue weighted by molar-refractivity contribution is 0.131. The number of imidazole rings is 1. The molecule has 1 N–H and O–H groups in total. The average molecular weight is 379 g/mol. The van der Waals surface area contributed by atoms with E-state index in [0.717, 1.165) is 18.1 Å². The Bertz CT molecular complexity index is 872. The van der Waals surface area contributed by atoms with Crippen LogP contribution in [0.3, 0.4) is 0 Å². The maximum Gasteiger partial charge on any atom is 0.227 e. The van der Waals surface area contributed by atoms with Gasteiger partial charge in [0.05, 0.1) is 36.9 Å². The highest BCUT2D eigenvalue weighted by Gasteiger charge is 2.13. The van der Waals surface area contributed by atoms with E-state index >= 15 is 0 Å². The SMILES string of the molecule is COCn1cnc(Cc2nc(Cl)nc(N[C@@H](C)c3ncc(F)cn3)n2)c1. The van der Waals surface area contributed by atoms with Gasteiger partial charge in [0, 0.05) is 13.3 Å². The summed E-state index contributed by atoms with van der Waals surface area (Å²) < 4.78 is 19.8. The van der Waals surface area contributed by atoms with Crippen molar-refractivity contribution in [2.45, 2.75) is 26.1 Å². The van der Waals surface area contributed by atoms with E-state index in [4.69, 9.17) is 16.3 Å². The summed E-state index contributed by atoms with van der Waals surface area (Å²) >= 11 is 5.99.